The molecule has 0 radical (unpaired) electrons. The van der Waals surface area contributed by atoms with Crippen LogP contribution in [0.15, 0.2) is 4.99 Å². The van der Waals surface area contributed by atoms with Crippen LogP contribution in [0.1, 0.15) is 19.3 Å². The molecule has 0 bridgehead atoms. The van der Waals surface area contributed by atoms with Gasteiger partial charge in [-0.2, -0.15) is 0 Å². The Morgan fingerprint density at radius 1 is 1.45 bits per heavy atom. The van der Waals surface area contributed by atoms with Crippen LogP contribution in [0.5, 0.6) is 0 Å². The Bertz CT molecular complexity index is 308. The topological polar surface area (TPSA) is 40.1 Å². The van der Waals surface area contributed by atoms with Crippen molar-refractivity contribution in [3.05, 3.63) is 0 Å². The van der Waals surface area contributed by atoms with E-state index in [1.165, 1.54) is 25.8 Å². The molecular formula is C14H29IN4O. The van der Waals surface area contributed by atoms with Crippen LogP contribution < -0.4 is 5.32 Å². The summed E-state index contributed by atoms with van der Waals surface area (Å²) in [5.74, 6) is 1.66. The Morgan fingerprint density at radius 3 is 2.80 bits per heavy atom. The van der Waals surface area contributed by atoms with Crippen LogP contribution in [-0.4, -0.2) is 75.8 Å². The average Bonchev–Trinajstić information content (AvgIpc) is 3.02. The molecule has 2 heterocycles. The van der Waals surface area contributed by atoms with Crippen LogP contribution in [0.3, 0.4) is 0 Å². The summed E-state index contributed by atoms with van der Waals surface area (Å²) in [7, 11) is 6.19. The first-order valence-electron chi connectivity index (χ1n) is 7.40. The van der Waals surface area contributed by atoms with Crippen LogP contribution in [0.25, 0.3) is 0 Å². The second-order valence-electron chi connectivity index (χ2n) is 5.81. The highest BCUT2D eigenvalue weighted by Gasteiger charge is 2.22. The molecule has 2 saturated heterocycles. The largest absolute Gasteiger partial charge is 0.381 e. The Hall–Kier alpha value is -0.0800. The molecule has 6 heteroatoms. The number of aliphatic imine (C=N–C) groups is 1. The molecule has 5 nitrogen and oxygen atoms in total. The lowest BCUT2D eigenvalue weighted by atomic mass is 10.1. The molecule has 0 aliphatic carbocycles. The molecule has 1 N–H and O–H groups in total. The van der Waals surface area contributed by atoms with Crippen molar-refractivity contribution >= 4 is 29.9 Å². The molecule has 2 aliphatic heterocycles. The van der Waals surface area contributed by atoms with E-state index in [1.54, 1.807) is 0 Å². The average molecular weight is 396 g/mol. The molecule has 0 aromatic heterocycles. The highest BCUT2D eigenvalue weighted by atomic mass is 127. The zero-order valence-corrected chi connectivity index (χ0v) is 15.3. The maximum absolute atomic E-state index is 5.43. The standard InChI is InChI=1S/C14H28N4O.HI/c1-15-14(16-9-13-5-4-7-17(13)2)18(3)10-12-6-8-19-11-12;/h12-13H,4-11H2,1-3H3,(H,15,16);1H. The van der Waals surface area contributed by atoms with Crippen molar-refractivity contribution in [3.8, 4) is 0 Å². The Kier molecular flexibility index (Phi) is 8.13. The smallest absolute Gasteiger partial charge is 0.193 e. The Balaban J connectivity index is 0.00000200. The monoisotopic (exact) mass is 396 g/mol. The number of ether oxygens (including phenoxy) is 1. The van der Waals surface area contributed by atoms with Crippen molar-refractivity contribution in [2.45, 2.75) is 25.3 Å². The summed E-state index contributed by atoms with van der Waals surface area (Å²) in [5.41, 5.74) is 0. The van der Waals surface area contributed by atoms with E-state index in [9.17, 15) is 0 Å². The predicted octanol–water partition coefficient (Wildman–Crippen LogP) is 1.24. The van der Waals surface area contributed by atoms with Gasteiger partial charge in [-0.3, -0.25) is 4.99 Å². The second kappa shape index (κ2) is 9.04. The summed E-state index contributed by atoms with van der Waals surface area (Å²) in [6.07, 6.45) is 3.78. The molecule has 2 fully saturated rings. The number of likely N-dealkylation sites (tertiary alicyclic amines) is 1. The number of hydrogen-bond donors (Lipinski definition) is 1. The molecule has 0 spiro atoms. The molecule has 2 unspecified atom stereocenters. The van der Waals surface area contributed by atoms with Gasteiger partial charge < -0.3 is 19.9 Å². The number of guanidine groups is 1. The van der Waals surface area contributed by atoms with Crippen molar-refractivity contribution in [1.82, 2.24) is 15.1 Å². The minimum atomic E-state index is 0. The fourth-order valence-electron chi connectivity index (χ4n) is 3.03. The summed E-state index contributed by atoms with van der Waals surface area (Å²) in [4.78, 5) is 9.05. The van der Waals surface area contributed by atoms with Crippen LogP contribution >= 0.6 is 24.0 Å². The van der Waals surface area contributed by atoms with Crippen molar-refractivity contribution < 1.29 is 4.74 Å². The zero-order valence-electron chi connectivity index (χ0n) is 13.0. The van der Waals surface area contributed by atoms with E-state index in [0.29, 0.717) is 12.0 Å². The molecular weight excluding hydrogens is 367 g/mol. The molecule has 2 aliphatic rings. The third kappa shape index (κ3) is 5.04. The van der Waals surface area contributed by atoms with Crippen LogP contribution in [0, 0.1) is 5.92 Å². The highest BCUT2D eigenvalue weighted by Crippen LogP contribution is 2.15. The third-order valence-electron chi connectivity index (χ3n) is 4.30. The van der Waals surface area contributed by atoms with Gasteiger partial charge in [0.25, 0.3) is 0 Å². The van der Waals surface area contributed by atoms with E-state index >= 15 is 0 Å². The highest BCUT2D eigenvalue weighted by molar-refractivity contribution is 14.0. The fourth-order valence-corrected chi connectivity index (χ4v) is 3.03. The first-order valence-corrected chi connectivity index (χ1v) is 7.40. The van der Waals surface area contributed by atoms with Crippen LogP contribution in [-0.2, 0) is 4.74 Å². The first kappa shape index (κ1) is 18.0. The van der Waals surface area contributed by atoms with E-state index in [-0.39, 0.29) is 24.0 Å². The molecule has 0 aromatic rings. The van der Waals surface area contributed by atoms with E-state index in [1.807, 2.05) is 7.05 Å². The zero-order chi connectivity index (χ0) is 13.7. The van der Waals surface area contributed by atoms with Gasteiger partial charge in [0, 0.05) is 45.8 Å². The summed E-state index contributed by atoms with van der Waals surface area (Å²) in [6.45, 7) is 5.05. The minimum Gasteiger partial charge on any atom is -0.381 e. The fraction of sp³-hybridized carbons (Fsp3) is 0.929. The Labute approximate surface area is 140 Å². The first-order chi connectivity index (χ1) is 9.20. The van der Waals surface area contributed by atoms with E-state index in [2.05, 4.69) is 34.2 Å². The van der Waals surface area contributed by atoms with E-state index in [0.717, 1.165) is 32.3 Å². The van der Waals surface area contributed by atoms with E-state index in [4.69, 9.17) is 4.74 Å². The van der Waals surface area contributed by atoms with Gasteiger partial charge in [-0.05, 0) is 32.9 Å². The van der Waals surface area contributed by atoms with Crippen LogP contribution in [0.2, 0.25) is 0 Å². The van der Waals surface area contributed by atoms with E-state index < -0.39 is 0 Å². The lowest BCUT2D eigenvalue weighted by Crippen LogP contribution is -2.46. The molecule has 0 amide bonds. The second-order valence-corrected chi connectivity index (χ2v) is 5.81. The lowest BCUT2D eigenvalue weighted by molar-refractivity contribution is 0.181. The van der Waals surface area contributed by atoms with Crippen molar-refractivity contribution in [1.29, 1.82) is 0 Å². The van der Waals surface area contributed by atoms with Crippen LogP contribution in [0.4, 0.5) is 0 Å². The number of nitrogens with zero attached hydrogens (tertiary/aromatic N) is 3. The number of nitrogens with one attached hydrogen (secondary N) is 1. The summed E-state index contributed by atoms with van der Waals surface area (Å²) < 4.78 is 5.43. The lowest BCUT2D eigenvalue weighted by Gasteiger charge is -2.27. The summed E-state index contributed by atoms with van der Waals surface area (Å²) in [5, 5.41) is 3.51. The van der Waals surface area contributed by atoms with Crippen molar-refractivity contribution in [3.63, 3.8) is 0 Å². The number of rotatable bonds is 4. The Morgan fingerprint density at radius 2 is 2.25 bits per heavy atom. The van der Waals surface area contributed by atoms with Gasteiger partial charge in [-0.15, -0.1) is 24.0 Å². The van der Waals surface area contributed by atoms with Gasteiger partial charge in [0.15, 0.2) is 5.96 Å². The summed E-state index contributed by atoms with van der Waals surface area (Å²) >= 11 is 0. The molecule has 2 atom stereocenters. The summed E-state index contributed by atoms with van der Waals surface area (Å²) in [6, 6.07) is 0.653. The predicted molar refractivity (Wildman–Crippen MR) is 94.0 cm³/mol. The quantitative estimate of drug-likeness (QED) is 0.441. The maximum atomic E-state index is 5.43. The van der Waals surface area contributed by atoms with Gasteiger partial charge in [-0.1, -0.05) is 0 Å². The molecule has 0 aromatic carbocycles. The van der Waals surface area contributed by atoms with Gasteiger partial charge in [0.1, 0.15) is 0 Å². The van der Waals surface area contributed by atoms with Gasteiger partial charge in [0.2, 0.25) is 0 Å². The number of halogens is 1. The SMILES string of the molecule is CN=C(NCC1CCCN1C)N(C)CC1CCOC1.I. The molecule has 20 heavy (non-hydrogen) atoms. The van der Waals surface area contributed by atoms with Gasteiger partial charge in [0.05, 0.1) is 6.61 Å². The maximum Gasteiger partial charge on any atom is 0.193 e. The van der Waals surface area contributed by atoms with Gasteiger partial charge >= 0.3 is 0 Å². The normalized spacial score (nSPS) is 27.4. The molecule has 118 valence electrons. The number of likely N-dealkylation sites (N-methyl/N-ethyl adjacent to an activating group) is 1. The molecule has 2 rings (SSSR count). The third-order valence-corrected chi connectivity index (χ3v) is 4.30. The van der Waals surface area contributed by atoms with Crippen molar-refractivity contribution in [2.24, 2.45) is 10.9 Å². The number of hydrogen-bond acceptors (Lipinski definition) is 3. The molecule has 0 saturated carbocycles. The minimum absolute atomic E-state index is 0. The van der Waals surface area contributed by atoms with Gasteiger partial charge in [-0.25, -0.2) is 0 Å². The van der Waals surface area contributed by atoms with Crippen molar-refractivity contribution in [2.75, 3.05) is 54.0 Å².